The van der Waals surface area contributed by atoms with Gasteiger partial charge in [0.1, 0.15) is 0 Å². The van der Waals surface area contributed by atoms with Gasteiger partial charge in [-0.3, -0.25) is 9.69 Å². The van der Waals surface area contributed by atoms with Crippen molar-refractivity contribution >= 4 is 11.6 Å². The monoisotopic (exact) mass is 329 g/mol. The Balaban J connectivity index is 1.48. The highest BCUT2D eigenvalue weighted by molar-refractivity contribution is 5.79. The van der Waals surface area contributed by atoms with Gasteiger partial charge in [0.05, 0.1) is 6.42 Å². The fraction of sp³-hybridized carbons (Fsp3) is 0.650. The number of piperidine rings is 1. The number of hydrogen-bond acceptors (Lipinski definition) is 3. The molecule has 1 N–H and O–H groups in total. The van der Waals surface area contributed by atoms with Crippen LogP contribution in [0.1, 0.15) is 44.1 Å². The number of anilines is 1. The normalized spacial score (nSPS) is 22.5. The molecule has 1 aromatic rings. The fourth-order valence-corrected chi connectivity index (χ4v) is 4.10. The van der Waals surface area contributed by atoms with Crippen molar-refractivity contribution in [1.29, 1.82) is 0 Å². The summed E-state index contributed by atoms with van der Waals surface area (Å²) >= 11 is 0. The smallest absolute Gasteiger partial charge is 0.224 e. The van der Waals surface area contributed by atoms with Crippen molar-refractivity contribution in [2.45, 2.75) is 57.0 Å². The van der Waals surface area contributed by atoms with Crippen LogP contribution in [0.4, 0.5) is 5.69 Å². The zero-order chi connectivity index (χ0) is 16.9. The summed E-state index contributed by atoms with van der Waals surface area (Å²) in [5.74, 6) is 0.158. The van der Waals surface area contributed by atoms with Crippen LogP contribution in [-0.4, -0.2) is 50.1 Å². The third-order valence-electron chi connectivity index (χ3n) is 5.48. The van der Waals surface area contributed by atoms with Crippen LogP contribution in [0, 0.1) is 0 Å². The Bertz CT molecular complexity index is 534. The second-order valence-corrected chi connectivity index (χ2v) is 7.58. The molecular weight excluding hydrogens is 298 g/mol. The van der Waals surface area contributed by atoms with Crippen LogP contribution in [-0.2, 0) is 11.2 Å². The van der Waals surface area contributed by atoms with Crippen LogP contribution >= 0.6 is 0 Å². The Kier molecular flexibility index (Phi) is 5.77. The zero-order valence-electron chi connectivity index (χ0n) is 15.1. The quantitative estimate of drug-likeness (QED) is 0.902. The van der Waals surface area contributed by atoms with E-state index in [1.54, 1.807) is 0 Å². The van der Waals surface area contributed by atoms with E-state index in [2.05, 4.69) is 39.4 Å². The number of hydrogen-bond donors (Lipinski definition) is 1. The van der Waals surface area contributed by atoms with E-state index < -0.39 is 0 Å². The molecule has 1 saturated heterocycles. The number of amides is 1. The molecule has 1 heterocycles. The Labute approximate surface area is 146 Å². The van der Waals surface area contributed by atoms with Gasteiger partial charge < -0.3 is 10.2 Å². The van der Waals surface area contributed by atoms with Crippen molar-refractivity contribution in [2.24, 2.45) is 0 Å². The summed E-state index contributed by atoms with van der Waals surface area (Å²) in [6, 6.07) is 9.35. The second-order valence-electron chi connectivity index (χ2n) is 7.58. The molecule has 2 aliphatic rings. The summed E-state index contributed by atoms with van der Waals surface area (Å²) in [6.07, 6.45) is 8.25. The highest BCUT2D eigenvalue weighted by Crippen LogP contribution is 2.26. The highest BCUT2D eigenvalue weighted by Gasteiger charge is 2.28. The van der Waals surface area contributed by atoms with Gasteiger partial charge in [0.15, 0.2) is 0 Å². The summed E-state index contributed by atoms with van der Waals surface area (Å²) in [6.45, 7) is 2.25. The average Bonchev–Trinajstić information content (AvgIpc) is 3.10. The van der Waals surface area contributed by atoms with Gasteiger partial charge in [0.2, 0.25) is 5.91 Å². The highest BCUT2D eigenvalue weighted by atomic mass is 16.1. The van der Waals surface area contributed by atoms with Crippen molar-refractivity contribution in [1.82, 2.24) is 10.2 Å². The van der Waals surface area contributed by atoms with E-state index >= 15 is 0 Å². The molecule has 1 aliphatic heterocycles. The molecule has 2 fully saturated rings. The lowest BCUT2D eigenvalue weighted by Gasteiger charge is -2.37. The molecule has 1 atom stereocenters. The Morgan fingerprint density at radius 1 is 1.12 bits per heavy atom. The van der Waals surface area contributed by atoms with E-state index in [-0.39, 0.29) is 5.91 Å². The van der Waals surface area contributed by atoms with Crippen molar-refractivity contribution in [3.05, 3.63) is 29.8 Å². The molecule has 0 spiro atoms. The fourth-order valence-electron chi connectivity index (χ4n) is 4.10. The molecule has 132 valence electrons. The van der Waals surface area contributed by atoms with Crippen molar-refractivity contribution < 1.29 is 4.79 Å². The van der Waals surface area contributed by atoms with Crippen molar-refractivity contribution in [3.63, 3.8) is 0 Å². The summed E-state index contributed by atoms with van der Waals surface area (Å²) in [4.78, 5) is 17.1. The third kappa shape index (κ3) is 4.50. The lowest BCUT2D eigenvalue weighted by molar-refractivity contribution is -0.121. The van der Waals surface area contributed by atoms with E-state index in [4.69, 9.17) is 0 Å². The molecule has 0 radical (unpaired) electrons. The summed E-state index contributed by atoms with van der Waals surface area (Å²) in [7, 11) is 4.06. The maximum atomic E-state index is 12.4. The number of nitrogens with one attached hydrogen (secondary N) is 1. The number of benzene rings is 1. The first-order chi connectivity index (χ1) is 11.6. The number of likely N-dealkylation sites (tertiary alicyclic amines) is 1. The minimum atomic E-state index is 0.158. The Morgan fingerprint density at radius 2 is 1.83 bits per heavy atom. The van der Waals surface area contributed by atoms with Crippen LogP contribution in [0.25, 0.3) is 0 Å². The molecule has 4 nitrogen and oxygen atoms in total. The topological polar surface area (TPSA) is 35.6 Å². The van der Waals surface area contributed by atoms with Crippen LogP contribution in [0.3, 0.4) is 0 Å². The van der Waals surface area contributed by atoms with Gasteiger partial charge in [-0.05, 0) is 49.9 Å². The van der Waals surface area contributed by atoms with Crippen molar-refractivity contribution in [3.8, 4) is 0 Å². The minimum Gasteiger partial charge on any atom is -0.378 e. The van der Waals surface area contributed by atoms with Crippen LogP contribution < -0.4 is 10.2 Å². The van der Waals surface area contributed by atoms with E-state index in [0.717, 1.165) is 24.6 Å². The van der Waals surface area contributed by atoms with Crippen LogP contribution in [0.2, 0.25) is 0 Å². The average molecular weight is 329 g/mol. The van der Waals surface area contributed by atoms with Gasteiger partial charge in [-0.25, -0.2) is 0 Å². The first-order valence-corrected chi connectivity index (χ1v) is 9.41. The van der Waals surface area contributed by atoms with Gasteiger partial charge in [0, 0.05) is 38.4 Å². The molecular formula is C20H31N3O. The van der Waals surface area contributed by atoms with Gasteiger partial charge in [0.25, 0.3) is 0 Å². The lowest BCUT2D eigenvalue weighted by Crippen LogP contribution is -2.50. The largest absolute Gasteiger partial charge is 0.378 e. The minimum absolute atomic E-state index is 0.158. The van der Waals surface area contributed by atoms with Gasteiger partial charge in [-0.2, -0.15) is 0 Å². The predicted octanol–water partition coefficient (Wildman–Crippen LogP) is 2.82. The van der Waals surface area contributed by atoms with Crippen molar-refractivity contribution in [2.75, 3.05) is 32.1 Å². The number of nitrogens with zero attached hydrogens (tertiary/aromatic N) is 2. The standard InChI is InChI=1S/C20H31N3O/c1-22(2)18-11-9-16(10-12-18)14-20(24)21-17-6-5-13-23(15-17)19-7-3-4-8-19/h9-12,17,19H,3-8,13-15H2,1-2H3,(H,21,24). The van der Waals surface area contributed by atoms with Gasteiger partial charge in [-0.1, -0.05) is 25.0 Å². The second kappa shape index (κ2) is 8.02. The maximum Gasteiger partial charge on any atom is 0.224 e. The SMILES string of the molecule is CN(C)c1ccc(CC(=O)NC2CCCN(C3CCCC3)C2)cc1. The number of carbonyl (C=O) groups is 1. The van der Waals surface area contributed by atoms with Crippen LogP contribution in [0.5, 0.6) is 0 Å². The predicted molar refractivity (Wildman–Crippen MR) is 99.5 cm³/mol. The summed E-state index contributed by atoms with van der Waals surface area (Å²) in [5.41, 5.74) is 2.25. The zero-order valence-corrected chi connectivity index (χ0v) is 15.1. The Hall–Kier alpha value is -1.55. The summed E-state index contributed by atoms with van der Waals surface area (Å²) < 4.78 is 0. The number of rotatable bonds is 5. The number of carbonyl (C=O) groups excluding carboxylic acids is 1. The van der Waals surface area contributed by atoms with Gasteiger partial charge in [-0.15, -0.1) is 0 Å². The summed E-state index contributed by atoms with van der Waals surface area (Å²) in [5, 5.41) is 3.27. The first kappa shape index (κ1) is 17.3. The third-order valence-corrected chi connectivity index (χ3v) is 5.48. The molecule has 1 unspecified atom stereocenters. The van der Waals surface area contributed by atoms with E-state index in [1.807, 2.05) is 14.1 Å². The van der Waals surface area contributed by atoms with E-state index in [0.29, 0.717) is 12.5 Å². The van der Waals surface area contributed by atoms with E-state index in [9.17, 15) is 4.79 Å². The Morgan fingerprint density at radius 3 is 2.50 bits per heavy atom. The first-order valence-electron chi connectivity index (χ1n) is 9.41. The molecule has 1 amide bonds. The lowest BCUT2D eigenvalue weighted by atomic mass is 10.0. The molecule has 1 saturated carbocycles. The maximum absolute atomic E-state index is 12.4. The molecule has 1 aliphatic carbocycles. The molecule has 4 heteroatoms. The molecule has 3 rings (SSSR count). The molecule has 24 heavy (non-hydrogen) atoms. The molecule has 0 bridgehead atoms. The van der Waals surface area contributed by atoms with Crippen LogP contribution in [0.15, 0.2) is 24.3 Å². The van der Waals surface area contributed by atoms with Gasteiger partial charge >= 0.3 is 0 Å². The molecule has 0 aromatic heterocycles. The molecule has 1 aromatic carbocycles. The van der Waals surface area contributed by atoms with E-state index in [1.165, 1.54) is 44.3 Å².